The summed E-state index contributed by atoms with van der Waals surface area (Å²) in [5, 5.41) is -2.02. The van der Waals surface area contributed by atoms with Crippen LogP contribution in [0.25, 0.3) is 27.1 Å². The van der Waals surface area contributed by atoms with Crippen LogP contribution in [-0.2, 0) is 40.5 Å². The molecule has 0 saturated heterocycles. The van der Waals surface area contributed by atoms with Gasteiger partial charge in [-0.2, -0.15) is 42.5 Å². The van der Waals surface area contributed by atoms with E-state index in [1.54, 1.807) is 0 Å². The van der Waals surface area contributed by atoms with E-state index >= 15 is 35.1 Å². The van der Waals surface area contributed by atoms with Gasteiger partial charge in [-0.3, -0.25) is 18.2 Å². The van der Waals surface area contributed by atoms with Gasteiger partial charge in [-0.05, 0) is 66.2 Å². The zero-order valence-corrected chi connectivity index (χ0v) is 31.6. The molecule has 0 fully saturated rings. The molecule has 5 aromatic carbocycles. The van der Waals surface area contributed by atoms with E-state index in [-0.39, 0.29) is 6.92 Å². The molecule has 0 spiro atoms. The minimum Gasteiger partial charge on any atom is -0.476 e. The largest absolute Gasteiger partial charge is 0.476 e. The molecule has 6 rings (SSSR count). The summed E-state index contributed by atoms with van der Waals surface area (Å²) in [4.78, 5) is -4.07. The van der Waals surface area contributed by atoms with Crippen LogP contribution in [0.3, 0.4) is 0 Å². The van der Waals surface area contributed by atoms with Crippen LogP contribution in [0.2, 0.25) is 0 Å². The molecule has 59 heavy (non-hydrogen) atoms. The molecule has 26 heteroatoms. The SMILES string of the molecule is CC1(Oc2cc(S(=O)(=O)O)cc3cc(S(=O)(=O)O)ccc23)C(F)=C(F)C(c2c(F)c(F)c(Oc3cc(S(=O)(=O)O)cc4cc(S(=O)(=O)O)ccc34)c(F)c2F)=C(F)C1F. The molecule has 0 saturated carbocycles. The van der Waals surface area contributed by atoms with Crippen molar-refractivity contribution in [2.75, 3.05) is 0 Å². The van der Waals surface area contributed by atoms with Crippen molar-refractivity contribution in [3.63, 3.8) is 0 Å². The van der Waals surface area contributed by atoms with Crippen LogP contribution in [0.5, 0.6) is 17.2 Å². The Balaban J connectivity index is 1.48. The summed E-state index contributed by atoms with van der Waals surface area (Å²) in [5.41, 5.74) is -8.42. The summed E-state index contributed by atoms with van der Waals surface area (Å²) in [6.45, 7) is 0.288. The Morgan fingerprint density at radius 2 is 0.949 bits per heavy atom. The lowest BCUT2D eigenvalue weighted by Gasteiger charge is -2.36. The lowest BCUT2D eigenvalue weighted by atomic mass is 9.85. The number of alkyl halides is 1. The maximum atomic E-state index is 16.0. The van der Waals surface area contributed by atoms with Crippen LogP contribution >= 0.6 is 0 Å². The molecule has 1 aliphatic rings. The number of ether oxygens (including phenoxy) is 2. The topological polar surface area (TPSA) is 236 Å². The van der Waals surface area contributed by atoms with Crippen molar-refractivity contribution in [3.05, 3.63) is 107 Å². The summed E-state index contributed by atoms with van der Waals surface area (Å²) in [5.74, 6) is -23.1. The monoisotopic (exact) mass is 918 g/mol. The van der Waals surface area contributed by atoms with Crippen LogP contribution in [-0.4, -0.2) is 63.7 Å². The highest BCUT2D eigenvalue weighted by Crippen LogP contribution is 2.50. The molecule has 1 aliphatic carbocycles. The number of hydrogen-bond donors (Lipinski definition) is 4. The van der Waals surface area contributed by atoms with Crippen LogP contribution in [0, 0.1) is 23.3 Å². The molecule has 0 heterocycles. The van der Waals surface area contributed by atoms with Gasteiger partial charge in [0, 0.05) is 22.9 Å². The highest BCUT2D eigenvalue weighted by molar-refractivity contribution is 7.86. The number of fused-ring (bicyclic) bond motifs is 2. The standard InChI is InChI=1S/C33H18F8O14S4/c1-33(55-21-11-17(59(51,52)53)9-13-7-15(57(45,46)47)3-5-19(13)21)31(40)26(36)23(27(37)32(33)41)22-24(34)28(38)30(29(39)25(22)35)54-20-10-16(58(48,49)50)8-12-6-14(56(42,43)44)2-4-18(12)20/h2-11,31H,1H3,(H,42,43,44)(H,45,46,47)(H,48,49,50)(H,51,52,53). The number of allylic oxidation sites excluding steroid dienone is 2. The van der Waals surface area contributed by atoms with Gasteiger partial charge in [0.25, 0.3) is 40.5 Å². The zero-order chi connectivity index (χ0) is 44.1. The molecule has 2 unspecified atom stereocenters. The van der Waals surface area contributed by atoms with Crippen LogP contribution < -0.4 is 9.47 Å². The smallest absolute Gasteiger partial charge is 0.294 e. The summed E-state index contributed by atoms with van der Waals surface area (Å²) < 4.78 is 268. The highest BCUT2D eigenvalue weighted by atomic mass is 32.2. The first kappa shape index (κ1) is 43.4. The van der Waals surface area contributed by atoms with Gasteiger partial charge in [-0.15, -0.1) is 0 Å². The zero-order valence-electron chi connectivity index (χ0n) is 28.4. The van der Waals surface area contributed by atoms with Gasteiger partial charge in [0.2, 0.25) is 17.4 Å². The van der Waals surface area contributed by atoms with Crippen molar-refractivity contribution < 1.29 is 96.5 Å². The van der Waals surface area contributed by atoms with Gasteiger partial charge in [0.1, 0.15) is 17.3 Å². The number of halogens is 8. The van der Waals surface area contributed by atoms with Gasteiger partial charge in [0.15, 0.2) is 35.1 Å². The fourth-order valence-electron chi connectivity index (χ4n) is 5.86. The van der Waals surface area contributed by atoms with Crippen LogP contribution in [0.15, 0.2) is 97.7 Å². The Morgan fingerprint density at radius 3 is 1.37 bits per heavy atom. The third-order valence-corrected chi connectivity index (χ3v) is 12.1. The van der Waals surface area contributed by atoms with E-state index in [1.165, 1.54) is 0 Å². The highest BCUT2D eigenvalue weighted by Gasteiger charge is 2.53. The molecule has 14 nitrogen and oxygen atoms in total. The first-order chi connectivity index (χ1) is 27.0. The predicted octanol–water partition coefficient (Wildman–Crippen LogP) is 7.35. The second-order valence-corrected chi connectivity index (χ2v) is 18.2. The quantitative estimate of drug-likeness (QED) is 0.0643. The van der Waals surface area contributed by atoms with Gasteiger partial charge < -0.3 is 9.47 Å². The van der Waals surface area contributed by atoms with E-state index in [4.69, 9.17) is 9.47 Å². The molecule has 314 valence electrons. The molecule has 0 bridgehead atoms. The second-order valence-electron chi connectivity index (χ2n) is 12.5. The fourth-order valence-corrected chi connectivity index (χ4v) is 7.95. The summed E-state index contributed by atoms with van der Waals surface area (Å²) in [6.07, 6.45) is -3.72. The van der Waals surface area contributed by atoms with Crippen molar-refractivity contribution in [3.8, 4) is 17.2 Å². The average Bonchev–Trinajstić information content (AvgIpc) is 3.13. The molecule has 0 radical (unpaired) electrons. The minimum absolute atomic E-state index is 0.288. The van der Waals surface area contributed by atoms with Crippen molar-refractivity contribution in [1.29, 1.82) is 0 Å². The Bertz CT molecular complexity index is 3190. The van der Waals surface area contributed by atoms with E-state index in [0.717, 1.165) is 12.1 Å². The van der Waals surface area contributed by atoms with E-state index in [1.807, 2.05) is 0 Å². The fraction of sp³-hybridized carbons (Fsp3) is 0.0909. The number of hydrogen-bond acceptors (Lipinski definition) is 10. The molecule has 0 amide bonds. The predicted molar refractivity (Wildman–Crippen MR) is 185 cm³/mol. The van der Waals surface area contributed by atoms with Crippen molar-refractivity contribution in [2.24, 2.45) is 0 Å². The van der Waals surface area contributed by atoms with Crippen molar-refractivity contribution >= 4 is 67.6 Å². The Hall–Kier alpha value is -5.22. The molecule has 4 N–H and O–H groups in total. The first-order valence-corrected chi connectivity index (χ1v) is 21.1. The van der Waals surface area contributed by atoms with E-state index < -0.39 is 163 Å². The summed E-state index contributed by atoms with van der Waals surface area (Å²) in [7, 11) is -20.5. The van der Waals surface area contributed by atoms with E-state index in [9.17, 15) is 51.9 Å². The lowest BCUT2D eigenvalue weighted by molar-refractivity contribution is 0.0207. The molecule has 5 aromatic rings. The third kappa shape index (κ3) is 7.60. The number of benzene rings is 5. The molecular formula is C33H18F8O14S4. The van der Waals surface area contributed by atoms with Crippen molar-refractivity contribution in [2.45, 2.75) is 38.3 Å². The van der Waals surface area contributed by atoms with Gasteiger partial charge >= 0.3 is 0 Å². The van der Waals surface area contributed by atoms with E-state index in [2.05, 4.69) is 0 Å². The van der Waals surface area contributed by atoms with E-state index in [0.29, 0.717) is 48.5 Å². The average molecular weight is 919 g/mol. The van der Waals surface area contributed by atoms with Crippen molar-refractivity contribution in [1.82, 2.24) is 0 Å². The van der Waals surface area contributed by atoms with Crippen LogP contribution in [0.4, 0.5) is 35.1 Å². The van der Waals surface area contributed by atoms with Crippen LogP contribution in [0.1, 0.15) is 12.5 Å². The number of rotatable bonds is 9. The molecule has 0 aliphatic heterocycles. The lowest BCUT2D eigenvalue weighted by Crippen LogP contribution is -2.46. The normalized spacial score (nSPS) is 18.2. The maximum absolute atomic E-state index is 16.0. The summed E-state index contributed by atoms with van der Waals surface area (Å²) in [6, 6.07) is 5.95. The summed E-state index contributed by atoms with van der Waals surface area (Å²) >= 11 is 0. The Labute approximate surface area is 325 Å². The first-order valence-electron chi connectivity index (χ1n) is 15.4. The molecule has 2 atom stereocenters. The van der Waals surface area contributed by atoms with Gasteiger partial charge in [-0.25, -0.2) is 26.3 Å². The Kier molecular flexibility index (Phi) is 10.4. The van der Waals surface area contributed by atoms with Gasteiger partial charge in [0.05, 0.1) is 30.7 Å². The minimum atomic E-state index is -5.27. The second kappa shape index (κ2) is 14.2. The molecular weight excluding hydrogens is 901 g/mol. The molecule has 0 aromatic heterocycles. The van der Waals surface area contributed by atoms with Gasteiger partial charge in [-0.1, -0.05) is 0 Å². The Morgan fingerprint density at radius 1 is 0.559 bits per heavy atom. The third-order valence-electron chi connectivity index (χ3n) is 8.71. The maximum Gasteiger partial charge on any atom is 0.294 e.